The fourth-order valence-corrected chi connectivity index (χ4v) is 3.84. The Balaban J connectivity index is 2.18. The summed E-state index contributed by atoms with van der Waals surface area (Å²) in [5.41, 5.74) is 1.98. The Hall–Kier alpha value is -1.40. The number of benzene rings is 1. The first-order chi connectivity index (χ1) is 10.3. The third-order valence-electron chi connectivity index (χ3n) is 4.10. The molecule has 1 aromatic carbocycles. The molecule has 0 bridgehead atoms. The SMILES string of the molecule is CCN(C(=O)C1CCCN(S(C)(=O)=O)C1)c1cccc(C)c1. The number of carbonyl (C=O) groups is 1. The zero-order chi connectivity index (χ0) is 16.3. The largest absolute Gasteiger partial charge is 0.312 e. The van der Waals surface area contributed by atoms with E-state index in [-0.39, 0.29) is 11.8 Å². The normalized spacial score (nSPS) is 19.9. The Morgan fingerprint density at radius 1 is 1.41 bits per heavy atom. The molecule has 1 aromatic rings. The smallest absolute Gasteiger partial charge is 0.231 e. The molecule has 1 unspecified atom stereocenters. The van der Waals surface area contributed by atoms with Crippen molar-refractivity contribution >= 4 is 21.6 Å². The van der Waals surface area contributed by atoms with Crippen LogP contribution >= 0.6 is 0 Å². The van der Waals surface area contributed by atoms with Crippen LogP contribution in [0.25, 0.3) is 0 Å². The molecule has 0 saturated carbocycles. The topological polar surface area (TPSA) is 57.7 Å². The highest BCUT2D eigenvalue weighted by Crippen LogP contribution is 2.24. The standard InChI is InChI=1S/C16H24N2O3S/c1-4-18(15-9-5-7-13(2)11-15)16(19)14-8-6-10-17(12-14)22(3,20)21/h5,7,9,11,14H,4,6,8,10,12H2,1-3H3. The van der Waals surface area contributed by atoms with Gasteiger partial charge in [-0.15, -0.1) is 0 Å². The maximum atomic E-state index is 12.8. The molecule has 1 amide bonds. The second-order valence-electron chi connectivity index (χ2n) is 5.88. The highest BCUT2D eigenvalue weighted by molar-refractivity contribution is 7.88. The van der Waals surface area contributed by atoms with Crippen molar-refractivity contribution < 1.29 is 13.2 Å². The van der Waals surface area contributed by atoms with E-state index >= 15 is 0 Å². The zero-order valence-electron chi connectivity index (χ0n) is 13.4. The number of rotatable bonds is 4. The van der Waals surface area contributed by atoms with Gasteiger partial charge in [0.2, 0.25) is 15.9 Å². The molecule has 0 aromatic heterocycles. The molecule has 0 spiro atoms. The highest BCUT2D eigenvalue weighted by Gasteiger charge is 2.32. The van der Waals surface area contributed by atoms with Gasteiger partial charge in [0.05, 0.1) is 12.2 Å². The fraction of sp³-hybridized carbons (Fsp3) is 0.562. The lowest BCUT2D eigenvalue weighted by Gasteiger charge is -2.33. The van der Waals surface area contributed by atoms with Crippen molar-refractivity contribution in [3.8, 4) is 0 Å². The first kappa shape index (κ1) is 17.0. The first-order valence-electron chi connectivity index (χ1n) is 7.66. The van der Waals surface area contributed by atoms with Gasteiger partial charge in [0.15, 0.2) is 0 Å². The summed E-state index contributed by atoms with van der Waals surface area (Å²) in [7, 11) is -3.23. The van der Waals surface area contributed by atoms with Crippen molar-refractivity contribution in [3.05, 3.63) is 29.8 Å². The molecule has 1 heterocycles. The van der Waals surface area contributed by atoms with E-state index < -0.39 is 10.0 Å². The van der Waals surface area contributed by atoms with Crippen LogP contribution < -0.4 is 4.90 Å². The van der Waals surface area contributed by atoms with Crippen molar-refractivity contribution in [3.63, 3.8) is 0 Å². The van der Waals surface area contributed by atoms with Crippen molar-refractivity contribution in [2.45, 2.75) is 26.7 Å². The van der Waals surface area contributed by atoms with Gasteiger partial charge in [-0.3, -0.25) is 4.79 Å². The summed E-state index contributed by atoms with van der Waals surface area (Å²) in [6.07, 6.45) is 2.68. The number of amides is 1. The number of piperidine rings is 1. The molecule has 6 heteroatoms. The van der Waals surface area contributed by atoms with Gasteiger partial charge in [-0.25, -0.2) is 12.7 Å². The molecule has 1 aliphatic heterocycles. The van der Waals surface area contributed by atoms with E-state index in [1.807, 2.05) is 38.1 Å². The Morgan fingerprint density at radius 3 is 2.73 bits per heavy atom. The second-order valence-corrected chi connectivity index (χ2v) is 7.86. The molecular formula is C16H24N2O3S. The molecule has 0 radical (unpaired) electrons. The van der Waals surface area contributed by atoms with Gasteiger partial charge in [-0.1, -0.05) is 12.1 Å². The average Bonchev–Trinajstić information content (AvgIpc) is 2.47. The maximum Gasteiger partial charge on any atom is 0.231 e. The second kappa shape index (κ2) is 6.79. The number of sulfonamides is 1. The molecule has 0 aliphatic carbocycles. The van der Waals surface area contributed by atoms with Crippen LogP contribution in [-0.4, -0.2) is 44.5 Å². The van der Waals surface area contributed by atoms with E-state index in [0.717, 1.165) is 24.1 Å². The number of anilines is 1. The molecule has 122 valence electrons. The van der Waals surface area contributed by atoms with Gasteiger partial charge in [-0.2, -0.15) is 0 Å². The summed E-state index contributed by atoms with van der Waals surface area (Å²) >= 11 is 0. The van der Waals surface area contributed by atoms with Crippen LogP contribution in [0.4, 0.5) is 5.69 Å². The Bertz CT molecular complexity index is 643. The summed E-state index contributed by atoms with van der Waals surface area (Å²) in [6.45, 7) is 5.32. The monoisotopic (exact) mass is 324 g/mol. The predicted octanol–water partition coefficient (Wildman–Crippen LogP) is 2.02. The molecule has 5 nitrogen and oxygen atoms in total. The fourth-order valence-electron chi connectivity index (χ4n) is 2.93. The lowest BCUT2D eigenvalue weighted by atomic mass is 9.97. The summed E-state index contributed by atoms with van der Waals surface area (Å²) in [6, 6.07) is 7.84. The van der Waals surface area contributed by atoms with Crippen molar-refractivity contribution in [2.24, 2.45) is 5.92 Å². The van der Waals surface area contributed by atoms with Crippen LogP contribution in [-0.2, 0) is 14.8 Å². The molecule has 1 aliphatic rings. The summed E-state index contributed by atoms with van der Waals surface area (Å²) in [4.78, 5) is 14.6. The molecule has 1 saturated heterocycles. The van der Waals surface area contributed by atoms with Crippen LogP contribution in [0.5, 0.6) is 0 Å². The zero-order valence-corrected chi connectivity index (χ0v) is 14.3. The van der Waals surface area contributed by atoms with Gasteiger partial charge in [-0.05, 0) is 44.4 Å². The lowest BCUT2D eigenvalue weighted by molar-refractivity contribution is -0.123. The van der Waals surface area contributed by atoms with Gasteiger partial charge >= 0.3 is 0 Å². The quantitative estimate of drug-likeness (QED) is 0.851. The maximum absolute atomic E-state index is 12.8. The third-order valence-corrected chi connectivity index (χ3v) is 5.37. The van der Waals surface area contributed by atoms with Crippen LogP contribution in [0.15, 0.2) is 24.3 Å². The first-order valence-corrected chi connectivity index (χ1v) is 9.51. The van der Waals surface area contributed by atoms with E-state index in [4.69, 9.17) is 0 Å². The van der Waals surface area contributed by atoms with Crippen LogP contribution in [0.1, 0.15) is 25.3 Å². The van der Waals surface area contributed by atoms with E-state index in [1.54, 1.807) is 4.90 Å². The Kier molecular flexibility index (Phi) is 5.24. The molecule has 22 heavy (non-hydrogen) atoms. The van der Waals surface area contributed by atoms with E-state index in [0.29, 0.717) is 19.6 Å². The molecular weight excluding hydrogens is 300 g/mol. The molecule has 1 atom stereocenters. The highest BCUT2D eigenvalue weighted by atomic mass is 32.2. The number of hydrogen-bond acceptors (Lipinski definition) is 3. The minimum atomic E-state index is -3.23. The van der Waals surface area contributed by atoms with E-state index in [2.05, 4.69) is 0 Å². The van der Waals surface area contributed by atoms with Crippen molar-refractivity contribution in [1.82, 2.24) is 4.31 Å². The van der Waals surface area contributed by atoms with Gasteiger partial charge < -0.3 is 4.90 Å². The lowest BCUT2D eigenvalue weighted by Crippen LogP contribution is -2.46. The van der Waals surface area contributed by atoms with Crippen molar-refractivity contribution in [1.29, 1.82) is 0 Å². The van der Waals surface area contributed by atoms with Crippen molar-refractivity contribution in [2.75, 3.05) is 30.8 Å². The number of hydrogen-bond donors (Lipinski definition) is 0. The number of aryl methyl sites for hydroxylation is 1. The molecule has 1 fully saturated rings. The third kappa shape index (κ3) is 3.87. The average molecular weight is 324 g/mol. The van der Waals surface area contributed by atoms with Crippen LogP contribution in [0.2, 0.25) is 0 Å². The molecule has 2 rings (SSSR count). The predicted molar refractivity (Wildman–Crippen MR) is 88.3 cm³/mol. The van der Waals surface area contributed by atoms with Gasteiger partial charge in [0, 0.05) is 25.3 Å². The minimum absolute atomic E-state index is 0.0152. The number of nitrogens with zero attached hydrogens (tertiary/aromatic N) is 2. The van der Waals surface area contributed by atoms with E-state index in [1.165, 1.54) is 10.6 Å². The van der Waals surface area contributed by atoms with E-state index in [9.17, 15) is 13.2 Å². The van der Waals surface area contributed by atoms with Crippen LogP contribution in [0, 0.1) is 12.8 Å². The van der Waals surface area contributed by atoms with Gasteiger partial charge in [0.1, 0.15) is 0 Å². The Labute approximate surface area is 133 Å². The minimum Gasteiger partial charge on any atom is -0.312 e. The summed E-state index contributed by atoms with van der Waals surface area (Å²) in [5, 5.41) is 0. The number of carbonyl (C=O) groups excluding carboxylic acids is 1. The Morgan fingerprint density at radius 2 is 2.14 bits per heavy atom. The summed E-state index contributed by atoms with van der Waals surface area (Å²) in [5.74, 6) is -0.245. The summed E-state index contributed by atoms with van der Waals surface area (Å²) < 4.78 is 24.8. The van der Waals surface area contributed by atoms with Crippen LogP contribution in [0.3, 0.4) is 0 Å². The molecule has 0 N–H and O–H groups in total. The van der Waals surface area contributed by atoms with Gasteiger partial charge in [0.25, 0.3) is 0 Å².